The van der Waals surface area contributed by atoms with Crippen molar-refractivity contribution in [2.24, 2.45) is 0 Å². The zero-order valence-electron chi connectivity index (χ0n) is 8.23. The summed E-state index contributed by atoms with van der Waals surface area (Å²) in [5, 5.41) is 14.0. The number of nitrogens with zero attached hydrogens (tertiary/aromatic N) is 4. The topological polar surface area (TPSA) is 81.9 Å². The average Bonchev–Trinajstić information content (AvgIpc) is 2.63. The van der Waals surface area contributed by atoms with Crippen molar-refractivity contribution >= 4 is 6.09 Å². The van der Waals surface area contributed by atoms with Crippen LogP contribution < -0.4 is 5.32 Å². The Bertz CT molecular complexity index is 298. The Morgan fingerprint density at radius 2 is 2.36 bits per heavy atom. The standard InChI is InChI=1S/C7H13N5O2/c1-3-12-10-6(9-11-12)5-8-7(13)14-4-2/h3-5H2,1-2H3,(H,8,13). The lowest BCUT2D eigenvalue weighted by atomic mass is 10.6. The highest BCUT2D eigenvalue weighted by atomic mass is 16.5. The highest BCUT2D eigenvalue weighted by Gasteiger charge is 2.04. The molecule has 0 fully saturated rings. The van der Waals surface area contributed by atoms with E-state index in [9.17, 15) is 4.79 Å². The van der Waals surface area contributed by atoms with Gasteiger partial charge in [-0.05, 0) is 19.1 Å². The van der Waals surface area contributed by atoms with E-state index < -0.39 is 6.09 Å². The van der Waals surface area contributed by atoms with Crippen LogP contribution in [0.25, 0.3) is 0 Å². The Balaban J connectivity index is 2.34. The second-order valence-electron chi connectivity index (χ2n) is 2.47. The monoisotopic (exact) mass is 199 g/mol. The molecule has 0 saturated heterocycles. The molecule has 1 heterocycles. The fourth-order valence-electron chi connectivity index (χ4n) is 0.815. The van der Waals surface area contributed by atoms with Gasteiger partial charge in [-0.2, -0.15) is 4.80 Å². The van der Waals surface area contributed by atoms with Crippen molar-refractivity contribution in [1.82, 2.24) is 25.5 Å². The van der Waals surface area contributed by atoms with Crippen LogP contribution in [0.1, 0.15) is 19.7 Å². The number of aryl methyl sites for hydroxylation is 1. The van der Waals surface area contributed by atoms with Gasteiger partial charge in [0.1, 0.15) is 0 Å². The molecule has 7 heteroatoms. The van der Waals surface area contributed by atoms with Crippen molar-refractivity contribution in [3.63, 3.8) is 0 Å². The van der Waals surface area contributed by atoms with Crippen molar-refractivity contribution < 1.29 is 9.53 Å². The normalized spacial score (nSPS) is 9.86. The fraction of sp³-hybridized carbons (Fsp3) is 0.714. The number of hydrogen-bond acceptors (Lipinski definition) is 5. The molecule has 0 aliphatic heterocycles. The van der Waals surface area contributed by atoms with Gasteiger partial charge >= 0.3 is 6.09 Å². The average molecular weight is 199 g/mol. The van der Waals surface area contributed by atoms with Gasteiger partial charge in [-0.1, -0.05) is 0 Å². The first-order chi connectivity index (χ1) is 6.76. The molecule has 0 bridgehead atoms. The number of hydrogen-bond donors (Lipinski definition) is 1. The van der Waals surface area contributed by atoms with Crippen LogP contribution >= 0.6 is 0 Å². The molecule has 7 nitrogen and oxygen atoms in total. The number of tetrazole rings is 1. The molecular formula is C7H13N5O2. The van der Waals surface area contributed by atoms with Gasteiger partial charge in [0.15, 0.2) is 5.82 Å². The van der Waals surface area contributed by atoms with E-state index >= 15 is 0 Å². The van der Waals surface area contributed by atoms with Gasteiger partial charge in [0.05, 0.1) is 19.7 Å². The van der Waals surface area contributed by atoms with E-state index in [-0.39, 0.29) is 6.54 Å². The second kappa shape index (κ2) is 5.15. The third-order valence-corrected chi connectivity index (χ3v) is 1.44. The van der Waals surface area contributed by atoms with E-state index in [1.165, 1.54) is 4.80 Å². The summed E-state index contributed by atoms with van der Waals surface area (Å²) in [5.41, 5.74) is 0. The van der Waals surface area contributed by atoms with E-state index in [2.05, 4.69) is 25.5 Å². The van der Waals surface area contributed by atoms with Crippen LogP contribution in [0.3, 0.4) is 0 Å². The van der Waals surface area contributed by atoms with Gasteiger partial charge < -0.3 is 10.1 Å². The molecule has 0 spiro atoms. The minimum absolute atomic E-state index is 0.235. The molecular weight excluding hydrogens is 186 g/mol. The number of carbonyl (C=O) groups excluding carboxylic acids is 1. The largest absolute Gasteiger partial charge is 0.450 e. The second-order valence-corrected chi connectivity index (χ2v) is 2.47. The SMILES string of the molecule is CCOC(=O)NCc1nnn(CC)n1. The first-order valence-electron chi connectivity index (χ1n) is 4.43. The molecule has 1 amide bonds. The minimum atomic E-state index is -0.472. The van der Waals surface area contributed by atoms with Gasteiger partial charge in [0.25, 0.3) is 0 Å². The van der Waals surface area contributed by atoms with Crippen LogP contribution in [0.5, 0.6) is 0 Å². The van der Waals surface area contributed by atoms with Crippen molar-refractivity contribution in [2.45, 2.75) is 26.9 Å². The minimum Gasteiger partial charge on any atom is -0.450 e. The van der Waals surface area contributed by atoms with Crippen LogP contribution in [0.15, 0.2) is 0 Å². The third-order valence-electron chi connectivity index (χ3n) is 1.44. The number of amides is 1. The van der Waals surface area contributed by atoms with Crippen LogP contribution in [0.2, 0.25) is 0 Å². The number of ether oxygens (including phenoxy) is 1. The van der Waals surface area contributed by atoms with E-state index in [0.29, 0.717) is 19.0 Å². The van der Waals surface area contributed by atoms with Crippen molar-refractivity contribution in [2.75, 3.05) is 6.61 Å². The molecule has 0 saturated carbocycles. The summed E-state index contributed by atoms with van der Waals surface area (Å²) in [6.45, 7) is 4.89. The molecule has 78 valence electrons. The lowest BCUT2D eigenvalue weighted by molar-refractivity contribution is 0.151. The smallest absolute Gasteiger partial charge is 0.407 e. The van der Waals surface area contributed by atoms with Gasteiger partial charge in [0, 0.05) is 0 Å². The summed E-state index contributed by atoms with van der Waals surface area (Å²) >= 11 is 0. The van der Waals surface area contributed by atoms with Gasteiger partial charge in [-0.3, -0.25) is 0 Å². The fourth-order valence-corrected chi connectivity index (χ4v) is 0.815. The van der Waals surface area contributed by atoms with E-state index in [0.717, 1.165) is 0 Å². The molecule has 1 N–H and O–H groups in total. The lowest BCUT2D eigenvalue weighted by Crippen LogP contribution is -2.24. The number of aromatic nitrogens is 4. The Morgan fingerprint density at radius 3 is 2.93 bits per heavy atom. The molecule has 0 aliphatic carbocycles. The summed E-state index contributed by atoms with van der Waals surface area (Å²) in [7, 11) is 0. The molecule has 0 atom stereocenters. The predicted molar refractivity (Wildman–Crippen MR) is 47.4 cm³/mol. The van der Waals surface area contributed by atoms with Crippen LogP contribution in [0, 0.1) is 0 Å². The van der Waals surface area contributed by atoms with Crippen LogP contribution in [0.4, 0.5) is 4.79 Å². The van der Waals surface area contributed by atoms with Crippen molar-refractivity contribution in [3.05, 3.63) is 5.82 Å². The van der Waals surface area contributed by atoms with E-state index in [1.807, 2.05) is 6.92 Å². The molecule has 1 aromatic heterocycles. The van der Waals surface area contributed by atoms with Gasteiger partial charge in [0.2, 0.25) is 0 Å². The molecule has 0 unspecified atom stereocenters. The summed E-state index contributed by atoms with van der Waals surface area (Å²) in [4.78, 5) is 12.3. The Hall–Kier alpha value is -1.66. The molecule has 0 aliphatic rings. The van der Waals surface area contributed by atoms with Crippen LogP contribution in [-0.4, -0.2) is 32.9 Å². The Morgan fingerprint density at radius 1 is 1.57 bits per heavy atom. The molecule has 1 aromatic rings. The maximum Gasteiger partial charge on any atom is 0.407 e. The van der Waals surface area contributed by atoms with Crippen molar-refractivity contribution in [3.8, 4) is 0 Å². The maximum absolute atomic E-state index is 10.9. The zero-order valence-corrected chi connectivity index (χ0v) is 8.23. The number of carbonyl (C=O) groups is 1. The zero-order chi connectivity index (χ0) is 10.4. The Labute approximate surface area is 81.4 Å². The lowest BCUT2D eigenvalue weighted by Gasteiger charge is -2.00. The van der Waals surface area contributed by atoms with Crippen LogP contribution in [-0.2, 0) is 17.8 Å². The molecule has 1 rings (SSSR count). The molecule has 14 heavy (non-hydrogen) atoms. The van der Waals surface area contributed by atoms with Gasteiger partial charge in [-0.25, -0.2) is 4.79 Å². The summed E-state index contributed by atoms with van der Waals surface area (Å²) in [6, 6.07) is 0. The first-order valence-corrected chi connectivity index (χ1v) is 4.43. The van der Waals surface area contributed by atoms with E-state index in [1.54, 1.807) is 6.92 Å². The van der Waals surface area contributed by atoms with Crippen molar-refractivity contribution in [1.29, 1.82) is 0 Å². The third kappa shape index (κ3) is 3.00. The number of nitrogens with one attached hydrogen (secondary N) is 1. The highest BCUT2D eigenvalue weighted by Crippen LogP contribution is 1.86. The maximum atomic E-state index is 10.9. The quantitative estimate of drug-likeness (QED) is 0.734. The molecule has 0 radical (unpaired) electrons. The van der Waals surface area contributed by atoms with Gasteiger partial charge in [-0.15, -0.1) is 10.2 Å². The summed E-state index contributed by atoms with van der Waals surface area (Å²) in [6.07, 6.45) is -0.472. The predicted octanol–water partition coefficient (Wildman–Crippen LogP) is -0.0609. The van der Waals surface area contributed by atoms with E-state index in [4.69, 9.17) is 0 Å². The molecule has 0 aromatic carbocycles. The summed E-state index contributed by atoms with van der Waals surface area (Å²) in [5.74, 6) is 0.472. The summed E-state index contributed by atoms with van der Waals surface area (Å²) < 4.78 is 4.66. The first kappa shape index (κ1) is 10.4. The number of alkyl carbamates (subject to hydrolysis) is 1. The number of rotatable bonds is 4. The highest BCUT2D eigenvalue weighted by molar-refractivity contribution is 5.66. The Kier molecular flexibility index (Phi) is 3.84.